The van der Waals surface area contributed by atoms with E-state index >= 15 is 0 Å². The van der Waals surface area contributed by atoms with E-state index in [9.17, 15) is 4.39 Å². The Morgan fingerprint density at radius 1 is 0.657 bits per heavy atom. The van der Waals surface area contributed by atoms with Gasteiger partial charge < -0.3 is 33.3 Å². The van der Waals surface area contributed by atoms with Gasteiger partial charge in [0.25, 0.3) is 11.3 Å². The van der Waals surface area contributed by atoms with Crippen LogP contribution in [0.2, 0.25) is 0 Å². The van der Waals surface area contributed by atoms with Gasteiger partial charge in [-0.3, -0.25) is 0 Å². The minimum absolute atomic E-state index is 0. The van der Waals surface area contributed by atoms with E-state index in [0.29, 0.717) is 11.8 Å². The Morgan fingerprint density at radius 2 is 1.09 bits per heavy atom. The molecule has 0 N–H and O–H groups in total. The summed E-state index contributed by atoms with van der Waals surface area (Å²) in [6.45, 7) is 0. The Morgan fingerprint density at radius 3 is 1.49 bits per heavy atom. The van der Waals surface area contributed by atoms with Gasteiger partial charge in [0, 0.05) is 19.7 Å². The van der Waals surface area contributed by atoms with Gasteiger partial charge in [-0.05, 0) is 60.7 Å². The zero-order valence-corrected chi connectivity index (χ0v) is 22.5. The van der Waals surface area contributed by atoms with Crippen molar-refractivity contribution in [3.63, 3.8) is 0 Å². The Bertz CT molecular complexity index is 1280. The predicted molar refractivity (Wildman–Crippen MR) is 141 cm³/mol. The average molecular weight is 594 g/mol. The molecule has 0 unspecified atom stereocenters. The van der Waals surface area contributed by atoms with Crippen molar-refractivity contribution in [3.8, 4) is 11.5 Å². The molecule has 5 aromatic rings. The lowest BCUT2D eigenvalue weighted by atomic mass is 10.2. The van der Waals surface area contributed by atoms with E-state index in [4.69, 9.17) is 9.40 Å². The fraction of sp³-hybridized carbons (Fsp3) is 0.0690. The van der Waals surface area contributed by atoms with Gasteiger partial charge in [0.1, 0.15) is 21.7 Å². The highest BCUT2D eigenvalue weighted by molar-refractivity contribution is 8.01. The second-order valence-corrected chi connectivity index (χ2v) is 11.5. The minimum atomic E-state index is -2.43. The Balaban J connectivity index is 0.00000289. The zero-order valence-electron chi connectivity index (χ0n) is 19.5. The van der Waals surface area contributed by atoms with Crippen LogP contribution < -0.4 is 50.2 Å². The molecule has 0 atom stereocenters. The number of anilines is 1. The number of rotatable bonds is 6. The summed E-state index contributed by atoms with van der Waals surface area (Å²) >= 11 is 0. The highest BCUT2D eigenvalue weighted by atomic mass is 127. The van der Waals surface area contributed by atoms with Crippen molar-refractivity contribution in [2.24, 2.45) is 0 Å². The Labute approximate surface area is 223 Å². The lowest BCUT2D eigenvalue weighted by Crippen LogP contribution is -3.00. The van der Waals surface area contributed by atoms with Crippen LogP contribution in [0.5, 0.6) is 0 Å². The van der Waals surface area contributed by atoms with Gasteiger partial charge in [-0.2, -0.15) is 4.98 Å². The van der Waals surface area contributed by atoms with E-state index in [1.807, 2.05) is 37.2 Å². The topological polar surface area (TPSA) is 29.3 Å². The molecule has 0 saturated heterocycles. The van der Waals surface area contributed by atoms with Crippen LogP contribution in [0.25, 0.3) is 11.5 Å². The fourth-order valence-corrected chi connectivity index (χ4v) is 8.56. The molecule has 0 bridgehead atoms. The summed E-state index contributed by atoms with van der Waals surface area (Å²) in [5, 5.41) is 3.57. The monoisotopic (exact) mass is 594 g/mol. The van der Waals surface area contributed by atoms with Crippen LogP contribution in [0.4, 0.5) is 10.3 Å². The molecule has 0 aliphatic rings. The van der Waals surface area contributed by atoms with Crippen LogP contribution in [0.15, 0.2) is 120 Å². The average Bonchev–Trinajstić information content (AvgIpc) is 3.33. The predicted octanol–water partition coefficient (Wildman–Crippen LogP) is 2.17. The maximum Gasteiger partial charge on any atom is 0.262 e. The number of halogens is 2. The molecule has 35 heavy (non-hydrogen) atoms. The standard InChI is InChI=1S/C29H25FN2OP.HI/c1-32(2)29-28(31-27(33-29)22-18-20-23(30)21-19-22)34(24-12-6-3-7-13-24,25-14-8-4-9-15-25)26-16-10-5-11-17-26;/h3-21H,1-2H3;1H/q+1;/p-1. The number of hydrogen-bond acceptors (Lipinski definition) is 3. The molecular weight excluding hydrogens is 569 g/mol. The molecule has 176 valence electrons. The first-order valence-corrected chi connectivity index (χ1v) is 12.9. The van der Waals surface area contributed by atoms with Gasteiger partial charge in [0.05, 0.1) is 0 Å². The minimum Gasteiger partial charge on any atom is -1.00 e. The molecule has 0 radical (unpaired) electrons. The molecule has 4 aromatic carbocycles. The van der Waals surface area contributed by atoms with Crippen molar-refractivity contribution in [3.05, 3.63) is 121 Å². The van der Waals surface area contributed by atoms with Crippen LogP contribution in [-0.2, 0) is 0 Å². The van der Waals surface area contributed by atoms with Crippen LogP contribution in [-0.4, -0.2) is 19.1 Å². The molecule has 0 amide bonds. The molecule has 6 heteroatoms. The van der Waals surface area contributed by atoms with Crippen molar-refractivity contribution in [2.75, 3.05) is 19.0 Å². The van der Waals surface area contributed by atoms with Gasteiger partial charge in [0.15, 0.2) is 7.26 Å². The number of aromatic nitrogens is 1. The second kappa shape index (κ2) is 10.7. The molecule has 3 nitrogen and oxygen atoms in total. The number of hydrogen-bond donors (Lipinski definition) is 0. The highest BCUT2D eigenvalue weighted by Crippen LogP contribution is 2.56. The smallest absolute Gasteiger partial charge is 0.262 e. The Kier molecular flexibility index (Phi) is 7.68. The van der Waals surface area contributed by atoms with E-state index in [0.717, 1.165) is 11.0 Å². The molecule has 1 heterocycles. The normalized spacial score (nSPS) is 11.1. The molecule has 0 aliphatic carbocycles. The van der Waals surface area contributed by atoms with Crippen LogP contribution >= 0.6 is 7.26 Å². The first kappa shape index (κ1) is 25.1. The first-order chi connectivity index (χ1) is 16.6. The number of oxazole rings is 1. The van der Waals surface area contributed by atoms with Crippen molar-refractivity contribution in [1.29, 1.82) is 0 Å². The lowest BCUT2D eigenvalue weighted by Gasteiger charge is -2.26. The van der Waals surface area contributed by atoms with Crippen LogP contribution in [0.1, 0.15) is 0 Å². The molecule has 0 spiro atoms. The molecular formula is C29H25FIN2OP. The summed E-state index contributed by atoms with van der Waals surface area (Å²) in [5.41, 5.74) is 1.63. The quantitative estimate of drug-likeness (QED) is 0.223. The summed E-state index contributed by atoms with van der Waals surface area (Å²) in [4.78, 5) is 7.12. The van der Waals surface area contributed by atoms with Crippen molar-refractivity contribution in [1.82, 2.24) is 4.98 Å². The molecule has 0 aliphatic heterocycles. The van der Waals surface area contributed by atoms with E-state index in [1.54, 1.807) is 12.1 Å². The summed E-state index contributed by atoms with van der Waals surface area (Å²) in [6, 6.07) is 37.9. The van der Waals surface area contributed by atoms with Gasteiger partial charge in [-0.1, -0.05) is 54.6 Å². The molecule has 5 rings (SSSR count). The van der Waals surface area contributed by atoms with Gasteiger partial charge in [-0.25, -0.2) is 4.39 Å². The summed E-state index contributed by atoms with van der Waals surface area (Å²) in [7, 11) is 1.51. The largest absolute Gasteiger partial charge is 1.00 e. The summed E-state index contributed by atoms with van der Waals surface area (Å²) < 4.78 is 20.0. The molecule has 0 saturated carbocycles. The Hall–Kier alpha value is -3.02. The van der Waals surface area contributed by atoms with Gasteiger partial charge in [-0.15, -0.1) is 0 Å². The van der Waals surface area contributed by atoms with E-state index in [1.165, 1.54) is 28.0 Å². The first-order valence-electron chi connectivity index (χ1n) is 11.1. The second-order valence-electron chi connectivity index (χ2n) is 8.23. The zero-order chi connectivity index (χ0) is 23.5. The maximum atomic E-state index is 13.6. The number of nitrogens with zero attached hydrogens (tertiary/aromatic N) is 2. The van der Waals surface area contributed by atoms with Crippen molar-refractivity contribution in [2.45, 2.75) is 0 Å². The van der Waals surface area contributed by atoms with E-state index in [2.05, 4.69) is 72.8 Å². The SMILES string of the molecule is CN(C)c1oc(-c2ccc(F)cc2)nc1[P+](c1ccccc1)(c1ccccc1)c1ccccc1.[I-]. The van der Waals surface area contributed by atoms with Crippen LogP contribution in [0, 0.1) is 5.82 Å². The highest BCUT2D eigenvalue weighted by Gasteiger charge is 2.53. The maximum absolute atomic E-state index is 13.6. The lowest BCUT2D eigenvalue weighted by molar-refractivity contribution is -0.00000780. The van der Waals surface area contributed by atoms with E-state index in [-0.39, 0.29) is 29.8 Å². The third-order valence-corrected chi connectivity index (χ3v) is 9.98. The van der Waals surface area contributed by atoms with Crippen molar-refractivity contribution >= 4 is 34.5 Å². The van der Waals surface area contributed by atoms with Gasteiger partial charge >= 0.3 is 0 Å². The van der Waals surface area contributed by atoms with Crippen molar-refractivity contribution < 1.29 is 32.8 Å². The molecule has 0 fully saturated rings. The number of benzene rings is 4. The summed E-state index contributed by atoms with van der Waals surface area (Å²) in [6.07, 6.45) is 0. The van der Waals surface area contributed by atoms with Gasteiger partial charge in [0.2, 0.25) is 5.89 Å². The third kappa shape index (κ3) is 4.63. The van der Waals surface area contributed by atoms with E-state index < -0.39 is 7.26 Å². The third-order valence-electron chi connectivity index (χ3n) is 5.84. The van der Waals surface area contributed by atoms with Crippen LogP contribution in [0.3, 0.4) is 0 Å². The molecule has 1 aromatic heterocycles. The summed E-state index contributed by atoms with van der Waals surface area (Å²) in [5.74, 6) is 0.887. The fourth-order valence-electron chi connectivity index (χ4n) is 4.30.